The van der Waals surface area contributed by atoms with Crippen molar-refractivity contribution in [3.8, 4) is 5.75 Å². The molecular formula is C18H20FNO5S2. The summed E-state index contributed by atoms with van der Waals surface area (Å²) in [6.07, 6.45) is 2.17. The highest BCUT2D eigenvalue weighted by Crippen LogP contribution is 2.37. The van der Waals surface area contributed by atoms with Gasteiger partial charge in [0.05, 0.1) is 18.0 Å². The van der Waals surface area contributed by atoms with Crippen LogP contribution in [-0.2, 0) is 19.9 Å². The molecule has 1 aliphatic rings. The average molecular weight is 413 g/mol. The molecule has 1 fully saturated rings. The Kier molecular flexibility index (Phi) is 5.29. The topological polar surface area (TPSA) is 80.8 Å². The summed E-state index contributed by atoms with van der Waals surface area (Å²) < 4.78 is 70.0. The summed E-state index contributed by atoms with van der Waals surface area (Å²) in [5, 5.41) is 0. The van der Waals surface area contributed by atoms with Crippen LogP contribution in [-0.4, -0.2) is 41.1 Å². The number of benzene rings is 2. The molecule has 0 aliphatic carbocycles. The molecule has 146 valence electrons. The fourth-order valence-electron chi connectivity index (χ4n) is 3.25. The van der Waals surface area contributed by atoms with Gasteiger partial charge in [0.25, 0.3) is 0 Å². The minimum atomic E-state index is -3.98. The molecule has 3 rings (SSSR count). The maximum absolute atomic E-state index is 13.8. The monoisotopic (exact) mass is 413 g/mol. The maximum atomic E-state index is 13.8. The van der Waals surface area contributed by atoms with Gasteiger partial charge < -0.3 is 4.74 Å². The van der Waals surface area contributed by atoms with E-state index in [-0.39, 0.29) is 10.9 Å². The first kappa shape index (κ1) is 19.8. The molecule has 0 saturated carbocycles. The molecule has 0 spiro atoms. The van der Waals surface area contributed by atoms with Gasteiger partial charge in [0, 0.05) is 12.8 Å². The summed E-state index contributed by atoms with van der Waals surface area (Å²) in [5.41, 5.74) is 0.822. The van der Waals surface area contributed by atoms with Crippen molar-refractivity contribution in [1.29, 1.82) is 0 Å². The fraction of sp³-hybridized carbons (Fsp3) is 0.333. The van der Waals surface area contributed by atoms with Crippen molar-refractivity contribution in [2.24, 2.45) is 0 Å². The lowest BCUT2D eigenvalue weighted by Crippen LogP contribution is -2.30. The summed E-state index contributed by atoms with van der Waals surface area (Å²) in [4.78, 5) is -0.853. The zero-order valence-corrected chi connectivity index (χ0v) is 16.6. The van der Waals surface area contributed by atoms with Crippen molar-refractivity contribution in [3.63, 3.8) is 0 Å². The molecule has 1 aliphatic heterocycles. The Balaban J connectivity index is 2.00. The number of nitrogens with zero attached hydrogens (tertiary/aromatic N) is 1. The number of ether oxygens (including phenoxy) is 1. The van der Waals surface area contributed by atoms with Crippen LogP contribution in [0.2, 0.25) is 0 Å². The molecular weight excluding hydrogens is 393 g/mol. The molecule has 6 nitrogen and oxygen atoms in total. The predicted molar refractivity (Wildman–Crippen MR) is 98.4 cm³/mol. The van der Waals surface area contributed by atoms with Crippen molar-refractivity contribution in [2.45, 2.75) is 28.7 Å². The normalized spacial score (nSPS) is 18.6. The van der Waals surface area contributed by atoms with Gasteiger partial charge in [-0.2, -0.15) is 4.31 Å². The molecule has 0 N–H and O–H groups in total. The van der Waals surface area contributed by atoms with Gasteiger partial charge in [-0.25, -0.2) is 21.2 Å². The van der Waals surface area contributed by atoms with Crippen LogP contribution in [0.5, 0.6) is 5.75 Å². The molecule has 1 heterocycles. The van der Waals surface area contributed by atoms with Crippen LogP contribution in [0.4, 0.5) is 4.39 Å². The third-order valence-electron chi connectivity index (χ3n) is 4.61. The quantitative estimate of drug-likeness (QED) is 0.753. The molecule has 1 saturated heterocycles. The summed E-state index contributed by atoms with van der Waals surface area (Å²) in [6, 6.07) is 9.64. The molecule has 0 unspecified atom stereocenters. The van der Waals surface area contributed by atoms with Gasteiger partial charge in [-0.1, -0.05) is 12.1 Å². The summed E-state index contributed by atoms with van der Waals surface area (Å²) >= 11 is 0. The molecule has 9 heteroatoms. The van der Waals surface area contributed by atoms with Crippen molar-refractivity contribution >= 4 is 19.9 Å². The summed E-state index contributed by atoms with van der Waals surface area (Å²) in [5.74, 6) is -0.299. The van der Waals surface area contributed by atoms with E-state index in [1.54, 1.807) is 19.2 Å². The van der Waals surface area contributed by atoms with Gasteiger partial charge in [-0.05, 0) is 48.7 Å². The minimum Gasteiger partial charge on any atom is -0.497 e. The zero-order valence-electron chi connectivity index (χ0n) is 14.9. The first-order chi connectivity index (χ1) is 12.6. The van der Waals surface area contributed by atoms with Crippen molar-refractivity contribution < 1.29 is 26.0 Å². The van der Waals surface area contributed by atoms with E-state index in [9.17, 15) is 21.2 Å². The lowest BCUT2D eigenvalue weighted by Gasteiger charge is -2.25. The van der Waals surface area contributed by atoms with E-state index < -0.39 is 30.6 Å². The Morgan fingerprint density at radius 1 is 1.07 bits per heavy atom. The summed E-state index contributed by atoms with van der Waals surface area (Å²) in [7, 11) is -6.31. The molecule has 0 aromatic heterocycles. The number of hydrogen-bond acceptors (Lipinski definition) is 5. The Morgan fingerprint density at radius 2 is 1.74 bits per heavy atom. The van der Waals surface area contributed by atoms with Crippen LogP contribution >= 0.6 is 0 Å². The van der Waals surface area contributed by atoms with Crippen LogP contribution in [0.3, 0.4) is 0 Å². The Hall–Kier alpha value is -1.97. The first-order valence-corrected chi connectivity index (χ1v) is 11.6. The molecule has 2 aromatic rings. The first-order valence-electron chi connectivity index (χ1n) is 8.30. The van der Waals surface area contributed by atoms with Crippen LogP contribution in [0.25, 0.3) is 0 Å². The van der Waals surface area contributed by atoms with Crippen LogP contribution in [0, 0.1) is 5.82 Å². The van der Waals surface area contributed by atoms with Gasteiger partial charge >= 0.3 is 0 Å². The number of methoxy groups -OCH3 is 1. The van der Waals surface area contributed by atoms with Gasteiger partial charge in [0.2, 0.25) is 10.0 Å². The number of rotatable bonds is 5. The highest BCUT2D eigenvalue weighted by molar-refractivity contribution is 7.91. The molecule has 0 bridgehead atoms. The van der Waals surface area contributed by atoms with Gasteiger partial charge in [0.1, 0.15) is 16.5 Å². The lowest BCUT2D eigenvalue weighted by molar-refractivity contribution is 0.394. The van der Waals surface area contributed by atoms with Gasteiger partial charge in [0.15, 0.2) is 9.84 Å². The van der Waals surface area contributed by atoms with E-state index in [4.69, 9.17) is 4.74 Å². The standard InChI is InChI=1S/C18H20FNO5S2/c1-25-14-7-5-13(6-8-14)17-4-3-11-20(17)27(23,24)15-9-10-16(19)18(12-15)26(2,21)22/h5-10,12,17H,3-4,11H2,1-2H3/t17-/m0/s1. The third-order valence-corrected chi connectivity index (χ3v) is 7.63. The van der Waals surface area contributed by atoms with Crippen LogP contribution < -0.4 is 4.74 Å². The van der Waals surface area contributed by atoms with Gasteiger partial charge in [-0.15, -0.1) is 0 Å². The molecule has 1 atom stereocenters. The predicted octanol–water partition coefficient (Wildman–Crippen LogP) is 2.76. The third kappa shape index (κ3) is 3.85. The second-order valence-corrected chi connectivity index (χ2v) is 10.3. The lowest BCUT2D eigenvalue weighted by atomic mass is 10.1. The number of sulfonamides is 1. The van der Waals surface area contributed by atoms with Crippen molar-refractivity contribution in [1.82, 2.24) is 4.31 Å². The minimum absolute atomic E-state index is 0.232. The van der Waals surface area contributed by atoms with E-state index in [0.717, 1.165) is 30.0 Å². The smallest absolute Gasteiger partial charge is 0.243 e. The second kappa shape index (κ2) is 7.21. The van der Waals surface area contributed by atoms with E-state index in [1.807, 2.05) is 12.1 Å². The Labute approximate surface area is 158 Å². The number of hydrogen-bond donors (Lipinski definition) is 0. The Bertz CT molecular complexity index is 1050. The Morgan fingerprint density at radius 3 is 2.33 bits per heavy atom. The van der Waals surface area contributed by atoms with Crippen LogP contribution in [0.15, 0.2) is 52.3 Å². The maximum Gasteiger partial charge on any atom is 0.243 e. The summed E-state index contributed by atoms with van der Waals surface area (Å²) in [6.45, 7) is 0.310. The van der Waals surface area contributed by atoms with Crippen molar-refractivity contribution in [3.05, 3.63) is 53.8 Å². The zero-order chi connectivity index (χ0) is 19.8. The highest BCUT2D eigenvalue weighted by atomic mass is 32.2. The fourth-order valence-corrected chi connectivity index (χ4v) is 5.80. The molecule has 0 amide bonds. The average Bonchev–Trinajstić information content (AvgIpc) is 3.11. The van der Waals surface area contributed by atoms with E-state index in [0.29, 0.717) is 25.1 Å². The van der Waals surface area contributed by atoms with E-state index >= 15 is 0 Å². The SMILES string of the molecule is COc1ccc([C@@H]2CCCN2S(=O)(=O)c2ccc(F)c(S(C)(=O)=O)c2)cc1. The van der Waals surface area contributed by atoms with E-state index in [2.05, 4.69) is 0 Å². The molecule has 2 aromatic carbocycles. The second-order valence-electron chi connectivity index (χ2n) is 6.41. The largest absolute Gasteiger partial charge is 0.497 e. The van der Waals surface area contributed by atoms with Gasteiger partial charge in [-0.3, -0.25) is 0 Å². The number of sulfone groups is 1. The van der Waals surface area contributed by atoms with Crippen LogP contribution in [0.1, 0.15) is 24.4 Å². The van der Waals surface area contributed by atoms with Crippen molar-refractivity contribution in [2.75, 3.05) is 19.9 Å². The van der Waals surface area contributed by atoms with E-state index in [1.165, 1.54) is 4.31 Å². The molecule has 0 radical (unpaired) electrons. The molecule has 27 heavy (non-hydrogen) atoms. The highest BCUT2D eigenvalue weighted by Gasteiger charge is 2.36. The number of halogens is 1.